The lowest BCUT2D eigenvalue weighted by atomic mass is 9.85. The molecular weight excluding hydrogens is 180 g/mol. The van der Waals surface area contributed by atoms with Gasteiger partial charge in [0.2, 0.25) is 0 Å². The topological polar surface area (TPSA) is 0 Å². The predicted octanol–water partition coefficient (Wildman–Crippen LogP) is 4.36. The molecule has 74 valence electrons. The summed E-state index contributed by atoms with van der Waals surface area (Å²) in [4.78, 5) is 0. The maximum atomic E-state index is 2.33. The highest BCUT2D eigenvalue weighted by molar-refractivity contribution is 5.95. The maximum Gasteiger partial charge on any atom is 0.00250 e. The van der Waals surface area contributed by atoms with E-state index in [2.05, 4.69) is 55.5 Å². The van der Waals surface area contributed by atoms with E-state index in [1.807, 2.05) is 0 Å². The predicted molar refractivity (Wildman–Crippen MR) is 66.0 cm³/mol. The van der Waals surface area contributed by atoms with Crippen molar-refractivity contribution >= 4 is 16.8 Å². The van der Waals surface area contributed by atoms with E-state index in [1.165, 1.54) is 28.3 Å². The third-order valence-corrected chi connectivity index (χ3v) is 3.32. The molecule has 0 fully saturated rings. The molecule has 0 amide bonds. The second kappa shape index (κ2) is 3.23. The average molecular weight is 194 g/mol. The Balaban J connectivity index is 2.41. The molecule has 0 heteroatoms. The van der Waals surface area contributed by atoms with Gasteiger partial charge in [-0.3, -0.25) is 0 Å². The van der Waals surface area contributed by atoms with E-state index < -0.39 is 0 Å². The molecule has 0 aliphatic heterocycles. The van der Waals surface area contributed by atoms with Gasteiger partial charge < -0.3 is 0 Å². The molecule has 0 N–H and O–H groups in total. The SMILES string of the molecule is CCC1C=Cc2cccc3cccc1c23. The molecule has 0 saturated heterocycles. The summed E-state index contributed by atoms with van der Waals surface area (Å²) in [6.07, 6.45) is 5.78. The third kappa shape index (κ3) is 1.21. The number of hydrogen-bond donors (Lipinski definition) is 0. The van der Waals surface area contributed by atoms with E-state index in [4.69, 9.17) is 0 Å². The molecule has 0 radical (unpaired) electrons. The summed E-state index contributed by atoms with van der Waals surface area (Å²) < 4.78 is 0. The van der Waals surface area contributed by atoms with Gasteiger partial charge in [-0.15, -0.1) is 0 Å². The van der Waals surface area contributed by atoms with Crippen LogP contribution in [-0.2, 0) is 0 Å². The van der Waals surface area contributed by atoms with Crippen molar-refractivity contribution in [2.24, 2.45) is 0 Å². The van der Waals surface area contributed by atoms with Crippen LogP contribution < -0.4 is 0 Å². The first-order chi connectivity index (χ1) is 7.40. The molecule has 2 aromatic carbocycles. The van der Waals surface area contributed by atoms with E-state index in [9.17, 15) is 0 Å². The van der Waals surface area contributed by atoms with Crippen LogP contribution in [0.1, 0.15) is 30.4 Å². The summed E-state index contributed by atoms with van der Waals surface area (Å²) in [5, 5.41) is 2.82. The molecule has 15 heavy (non-hydrogen) atoms. The van der Waals surface area contributed by atoms with Gasteiger partial charge >= 0.3 is 0 Å². The van der Waals surface area contributed by atoms with Crippen LogP contribution in [-0.4, -0.2) is 0 Å². The molecule has 0 heterocycles. The Morgan fingerprint density at radius 3 is 2.67 bits per heavy atom. The molecule has 0 nitrogen and oxygen atoms in total. The van der Waals surface area contributed by atoms with Crippen molar-refractivity contribution in [3.63, 3.8) is 0 Å². The minimum atomic E-state index is 0.601. The van der Waals surface area contributed by atoms with Crippen molar-refractivity contribution in [1.82, 2.24) is 0 Å². The van der Waals surface area contributed by atoms with Gasteiger partial charge in [-0.25, -0.2) is 0 Å². The highest BCUT2D eigenvalue weighted by Crippen LogP contribution is 2.35. The molecule has 0 saturated carbocycles. The normalized spacial score (nSPS) is 18.3. The average Bonchev–Trinajstić information content (AvgIpc) is 2.30. The van der Waals surface area contributed by atoms with E-state index in [0.29, 0.717) is 5.92 Å². The fourth-order valence-electron chi connectivity index (χ4n) is 2.53. The number of allylic oxidation sites excluding steroid dienone is 1. The summed E-state index contributed by atoms with van der Waals surface area (Å²) >= 11 is 0. The Morgan fingerprint density at radius 2 is 1.87 bits per heavy atom. The highest BCUT2D eigenvalue weighted by atomic mass is 14.2. The van der Waals surface area contributed by atoms with Crippen molar-refractivity contribution in [1.29, 1.82) is 0 Å². The van der Waals surface area contributed by atoms with Crippen LogP contribution in [0.5, 0.6) is 0 Å². The van der Waals surface area contributed by atoms with E-state index in [1.54, 1.807) is 0 Å². The van der Waals surface area contributed by atoms with Crippen LogP contribution in [0.25, 0.3) is 16.8 Å². The second-order valence-corrected chi connectivity index (χ2v) is 4.17. The van der Waals surface area contributed by atoms with E-state index in [-0.39, 0.29) is 0 Å². The van der Waals surface area contributed by atoms with Crippen LogP contribution >= 0.6 is 0 Å². The van der Waals surface area contributed by atoms with Crippen molar-refractivity contribution < 1.29 is 0 Å². The lowest BCUT2D eigenvalue weighted by Gasteiger charge is -2.19. The monoisotopic (exact) mass is 194 g/mol. The van der Waals surface area contributed by atoms with Crippen molar-refractivity contribution in [2.75, 3.05) is 0 Å². The molecule has 0 spiro atoms. The summed E-state index contributed by atoms with van der Waals surface area (Å²) in [6, 6.07) is 13.2. The molecule has 3 rings (SSSR count). The quantitative estimate of drug-likeness (QED) is 0.632. The molecule has 1 atom stereocenters. The van der Waals surface area contributed by atoms with Gasteiger partial charge in [0.15, 0.2) is 0 Å². The Labute approximate surface area is 90.2 Å². The first kappa shape index (κ1) is 8.72. The van der Waals surface area contributed by atoms with Crippen LogP contribution in [0.15, 0.2) is 42.5 Å². The van der Waals surface area contributed by atoms with Crippen LogP contribution in [0.3, 0.4) is 0 Å². The summed E-state index contributed by atoms with van der Waals surface area (Å²) in [5.74, 6) is 0.601. The van der Waals surface area contributed by atoms with Crippen molar-refractivity contribution in [3.8, 4) is 0 Å². The van der Waals surface area contributed by atoms with Gasteiger partial charge in [0.1, 0.15) is 0 Å². The Hall–Kier alpha value is -1.56. The Kier molecular flexibility index (Phi) is 1.88. The summed E-state index contributed by atoms with van der Waals surface area (Å²) in [6.45, 7) is 2.25. The van der Waals surface area contributed by atoms with Gasteiger partial charge in [-0.1, -0.05) is 55.5 Å². The number of rotatable bonds is 1. The standard InChI is InChI=1S/C15H14/c1-2-11-9-10-13-6-3-5-12-7-4-8-14(11)15(12)13/h3-11H,2H2,1H3. The van der Waals surface area contributed by atoms with Gasteiger partial charge in [0.05, 0.1) is 0 Å². The van der Waals surface area contributed by atoms with Crippen molar-refractivity contribution in [3.05, 3.63) is 53.6 Å². The minimum Gasteiger partial charge on any atom is -0.0764 e. The number of hydrogen-bond acceptors (Lipinski definition) is 0. The highest BCUT2D eigenvalue weighted by Gasteiger charge is 2.14. The largest absolute Gasteiger partial charge is 0.0764 e. The fourth-order valence-corrected chi connectivity index (χ4v) is 2.53. The van der Waals surface area contributed by atoms with E-state index in [0.717, 1.165) is 0 Å². The molecule has 1 aliphatic rings. The zero-order valence-electron chi connectivity index (χ0n) is 8.90. The van der Waals surface area contributed by atoms with Crippen molar-refractivity contribution in [2.45, 2.75) is 19.3 Å². The molecule has 2 aromatic rings. The zero-order valence-corrected chi connectivity index (χ0v) is 8.90. The van der Waals surface area contributed by atoms with Gasteiger partial charge in [0, 0.05) is 5.92 Å². The van der Waals surface area contributed by atoms with Gasteiger partial charge in [-0.05, 0) is 28.3 Å². The summed E-state index contributed by atoms with van der Waals surface area (Å²) in [5.41, 5.74) is 2.86. The molecule has 0 aromatic heterocycles. The van der Waals surface area contributed by atoms with E-state index >= 15 is 0 Å². The zero-order chi connectivity index (χ0) is 10.3. The van der Waals surface area contributed by atoms with Gasteiger partial charge in [0.25, 0.3) is 0 Å². The molecular formula is C15H14. The Bertz CT molecular complexity index is 529. The molecule has 0 bridgehead atoms. The molecule has 1 unspecified atom stereocenters. The smallest absolute Gasteiger partial charge is 0.00250 e. The lowest BCUT2D eigenvalue weighted by molar-refractivity contribution is 0.812. The first-order valence-corrected chi connectivity index (χ1v) is 5.60. The molecule has 1 aliphatic carbocycles. The third-order valence-electron chi connectivity index (χ3n) is 3.32. The van der Waals surface area contributed by atoms with Crippen LogP contribution in [0.2, 0.25) is 0 Å². The minimum absolute atomic E-state index is 0.601. The second-order valence-electron chi connectivity index (χ2n) is 4.17. The fraction of sp³-hybridized carbons (Fsp3) is 0.200. The van der Waals surface area contributed by atoms with Crippen LogP contribution in [0.4, 0.5) is 0 Å². The number of benzene rings is 2. The lowest BCUT2D eigenvalue weighted by Crippen LogP contribution is -1.99. The first-order valence-electron chi connectivity index (χ1n) is 5.60. The van der Waals surface area contributed by atoms with Crippen LogP contribution in [0, 0.1) is 0 Å². The maximum absolute atomic E-state index is 2.33. The summed E-state index contributed by atoms with van der Waals surface area (Å²) in [7, 11) is 0. The Morgan fingerprint density at radius 1 is 1.07 bits per heavy atom. The van der Waals surface area contributed by atoms with Gasteiger partial charge in [-0.2, -0.15) is 0 Å².